The van der Waals surface area contributed by atoms with Crippen LogP contribution >= 0.6 is 23.4 Å². The van der Waals surface area contributed by atoms with Gasteiger partial charge in [0.25, 0.3) is 5.91 Å². The summed E-state index contributed by atoms with van der Waals surface area (Å²) in [6, 6.07) is 8.73. The molecule has 0 saturated carbocycles. The van der Waals surface area contributed by atoms with Crippen LogP contribution in [0.5, 0.6) is 0 Å². The number of aryl methyl sites for hydroxylation is 1. The molecule has 1 heterocycles. The Kier molecular flexibility index (Phi) is 5.62. The van der Waals surface area contributed by atoms with Crippen molar-refractivity contribution in [2.24, 2.45) is 0 Å². The highest BCUT2D eigenvalue weighted by Crippen LogP contribution is 2.33. The average molecular weight is 424 g/mol. The van der Waals surface area contributed by atoms with Crippen LogP contribution < -0.4 is 0 Å². The molecule has 27 heavy (non-hydrogen) atoms. The third kappa shape index (κ3) is 4.33. The molecule has 7 heteroatoms. The minimum Gasteiger partial charge on any atom is -0.330 e. The van der Waals surface area contributed by atoms with Gasteiger partial charge in [-0.05, 0) is 47.9 Å². The molecule has 144 valence electrons. The van der Waals surface area contributed by atoms with E-state index in [0.29, 0.717) is 23.7 Å². The second kappa shape index (κ2) is 7.49. The molecule has 0 N–H and O–H groups in total. The highest BCUT2D eigenvalue weighted by atomic mass is 35.5. The number of hydrogen-bond donors (Lipinski definition) is 0. The second-order valence-electron chi connectivity index (χ2n) is 7.13. The van der Waals surface area contributed by atoms with Crippen LogP contribution in [-0.4, -0.2) is 30.7 Å². The number of rotatable bonds is 4. The summed E-state index contributed by atoms with van der Waals surface area (Å²) in [5.74, 6) is -0.159. The molecule has 1 aliphatic heterocycles. The second-order valence-corrected chi connectivity index (χ2v) is 11.2. The maximum absolute atomic E-state index is 13.3. The van der Waals surface area contributed by atoms with Gasteiger partial charge in [0, 0.05) is 34.5 Å². The fraction of sp³-hybridized carbons (Fsp3) is 0.350. The zero-order chi connectivity index (χ0) is 19.9. The number of amides is 1. The third-order valence-corrected chi connectivity index (χ3v) is 7.06. The Morgan fingerprint density at radius 2 is 1.78 bits per heavy atom. The first-order valence-electron chi connectivity index (χ1n) is 8.64. The third-order valence-electron chi connectivity index (χ3n) is 4.46. The van der Waals surface area contributed by atoms with Gasteiger partial charge in [-0.25, -0.2) is 8.42 Å². The Balaban J connectivity index is 1.98. The summed E-state index contributed by atoms with van der Waals surface area (Å²) in [7, 11) is -3.39. The number of thioether (sulfide) groups is 1. The van der Waals surface area contributed by atoms with Crippen LogP contribution in [-0.2, 0) is 22.9 Å². The summed E-state index contributed by atoms with van der Waals surface area (Å²) < 4.78 is 23.9. The molecule has 0 bridgehead atoms. The minimum atomic E-state index is -3.39. The van der Waals surface area contributed by atoms with E-state index in [1.54, 1.807) is 28.8 Å². The Morgan fingerprint density at radius 3 is 2.37 bits per heavy atom. The standard InChI is InChI=1S/C20H22ClNO3S2/c1-12(2)26-19-6-5-16(27(4,24)25)9-17(19)20(23)22-10-14-7-13(3)18(21)8-15(14)11-22/h5-9,12H,10-11H2,1-4H3. The van der Waals surface area contributed by atoms with Gasteiger partial charge in [0.1, 0.15) is 0 Å². The zero-order valence-corrected chi connectivity index (χ0v) is 18.1. The first-order chi connectivity index (χ1) is 12.6. The molecule has 2 aromatic carbocycles. The highest BCUT2D eigenvalue weighted by Gasteiger charge is 2.27. The summed E-state index contributed by atoms with van der Waals surface area (Å²) in [6.07, 6.45) is 1.16. The van der Waals surface area contributed by atoms with Gasteiger partial charge in [-0.15, -0.1) is 11.8 Å². The van der Waals surface area contributed by atoms with Gasteiger partial charge in [-0.2, -0.15) is 0 Å². The molecule has 0 spiro atoms. The van der Waals surface area contributed by atoms with Gasteiger partial charge in [0.15, 0.2) is 9.84 Å². The molecule has 4 nitrogen and oxygen atoms in total. The molecule has 2 aromatic rings. The van der Waals surface area contributed by atoms with E-state index in [0.717, 1.165) is 27.8 Å². The van der Waals surface area contributed by atoms with Crippen LogP contribution in [0, 0.1) is 6.92 Å². The van der Waals surface area contributed by atoms with Crippen molar-refractivity contribution in [3.8, 4) is 0 Å². The van der Waals surface area contributed by atoms with Gasteiger partial charge in [-0.1, -0.05) is 31.5 Å². The lowest BCUT2D eigenvalue weighted by Gasteiger charge is -2.19. The van der Waals surface area contributed by atoms with Crippen molar-refractivity contribution in [2.45, 2.75) is 48.9 Å². The number of carbonyl (C=O) groups excluding carboxylic acids is 1. The predicted octanol–water partition coefficient (Wildman–Crippen LogP) is 4.71. The lowest BCUT2D eigenvalue weighted by Crippen LogP contribution is -2.26. The maximum atomic E-state index is 13.3. The van der Waals surface area contributed by atoms with Crippen molar-refractivity contribution >= 4 is 39.1 Å². The quantitative estimate of drug-likeness (QED) is 0.668. The molecule has 0 aliphatic carbocycles. The molecule has 1 amide bonds. The van der Waals surface area contributed by atoms with Crippen molar-refractivity contribution in [3.63, 3.8) is 0 Å². The Labute approximate surface area is 169 Å². The van der Waals surface area contributed by atoms with E-state index in [-0.39, 0.29) is 16.1 Å². The monoisotopic (exact) mass is 423 g/mol. The summed E-state index contributed by atoms with van der Waals surface area (Å²) >= 11 is 7.77. The molecule has 0 atom stereocenters. The van der Waals surface area contributed by atoms with Crippen molar-refractivity contribution in [1.82, 2.24) is 4.90 Å². The van der Waals surface area contributed by atoms with E-state index in [9.17, 15) is 13.2 Å². The van der Waals surface area contributed by atoms with Gasteiger partial charge in [0.05, 0.1) is 10.5 Å². The number of sulfone groups is 1. The topological polar surface area (TPSA) is 54.5 Å². The molecule has 0 radical (unpaired) electrons. The number of fused-ring (bicyclic) bond motifs is 1. The number of carbonyl (C=O) groups is 1. The van der Waals surface area contributed by atoms with E-state index in [4.69, 9.17) is 11.6 Å². The van der Waals surface area contributed by atoms with Crippen molar-refractivity contribution < 1.29 is 13.2 Å². The fourth-order valence-corrected chi connectivity index (χ4v) is 4.88. The van der Waals surface area contributed by atoms with Crippen LogP contribution in [0.15, 0.2) is 40.1 Å². The number of hydrogen-bond acceptors (Lipinski definition) is 4. The fourth-order valence-electron chi connectivity index (χ4n) is 3.12. The van der Waals surface area contributed by atoms with E-state index in [1.165, 1.54) is 6.07 Å². The SMILES string of the molecule is Cc1cc2c(cc1Cl)CN(C(=O)c1cc(S(C)(=O)=O)ccc1SC(C)C)C2. The molecule has 0 aromatic heterocycles. The predicted molar refractivity (Wildman–Crippen MR) is 110 cm³/mol. The van der Waals surface area contributed by atoms with E-state index < -0.39 is 9.84 Å². The number of halogens is 1. The van der Waals surface area contributed by atoms with Crippen LogP contribution in [0.25, 0.3) is 0 Å². The van der Waals surface area contributed by atoms with Crippen molar-refractivity contribution in [1.29, 1.82) is 0 Å². The molecule has 1 aliphatic rings. The van der Waals surface area contributed by atoms with Crippen LogP contribution in [0.2, 0.25) is 5.02 Å². The summed E-state index contributed by atoms with van der Waals surface area (Å²) in [5.41, 5.74) is 3.55. The number of nitrogens with zero attached hydrogens (tertiary/aromatic N) is 1. The minimum absolute atomic E-state index is 0.159. The van der Waals surface area contributed by atoms with E-state index >= 15 is 0 Å². The summed E-state index contributed by atoms with van der Waals surface area (Å²) in [5, 5.41) is 0.969. The Bertz CT molecular complexity index is 985. The van der Waals surface area contributed by atoms with Gasteiger partial charge in [-0.3, -0.25) is 4.79 Å². The molecule has 0 saturated heterocycles. The highest BCUT2D eigenvalue weighted by molar-refractivity contribution is 8.00. The normalized spacial score (nSPS) is 13.9. The molecule has 0 unspecified atom stereocenters. The van der Waals surface area contributed by atoms with Gasteiger partial charge in [0.2, 0.25) is 0 Å². The van der Waals surface area contributed by atoms with Gasteiger partial charge < -0.3 is 4.90 Å². The van der Waals surface area contributed by atoms with E-state index in [1.807, 2.05) is 32.9 Å². The van der Waals surface area contributed by atoms with Crippen LogP contribution in [0.4, 0.5) is 0 Å². The van der Waals surface area contributed by atoms with Gasteiger partial charge >= 0.3 is 0 Å². The summed E-state index contributed by atoms with van der Waals surface area (Å²) in [6.45, 7) is 7.00. The smallest absolute Gasteiger partial charge is 0.255 e. The Hall–Kier alpha value is -1.50. The summed E-state index contributed by atoms with van der Waals surface area (Å²) in [4.78, 5) is 16.0. The van der Waals surface area contributed by atoms with E-state index in [2.05, 4.69) is 0 Å². The zero-order valence-electron chi connectivity index (χ0n) is 15.7. The largest absolute Gasteiger partial charge is 0.330 e. The Morgan fingerprint density at radius 1 is 1.15 bits per heavy atom. The number of benzene rings is 2. The lowest BCUT2D eigenvalue weighted by molar-refractivity contribution is 0.0747. The molecular formula is C20H22ClNO3S2. The first kappa shape index (κ1) is 20.2. The molecular weight excluding hydrogens is 402 g/mol. The van der Waals surface area contributed by atoms with Crippen LogP contribution in [0.1, 0.15) is 40.9 Å². The molecule has 0 fully saturated rings. The average Bonchev–Trinajstić information content (AvgIpc) is 2.96. The van der Waals surface area contributed by atoms with Crippen LogP contribution in [0.3, 0.4) is 0 Å². The molecule has 3 rings (SSSR count). The van der Waals surface area contributed by atoms with Crippen molar-refractivity contribution in [2.75, 3.05) is 6.26 Å². The maximum Gasteiger partial charge on any atom is 0.255 e. The van der Waals surface area contributed by atoms with Crippen molar-refractivity contribution in [3.05, 3.63) is 57.6 Å². The first-order valence-corrected chi connectivity index (χ1v) is 11.8. The lowest BCUT2D eigenvalue weighted by atomic mass is 10.1.